The number of nitrogens with two attached hydrogens (primary N) is 1. The molecule has 0 amide bonds. The highest BCUT2D eigenvalue weighted by Crippen LogP contribution is 2.37. The molecule has 0 spiro atoms. The Kier molecular flexibility index (Phi) is 3.91. The summed E-state index contributed by atoms with van der Waals surface area (Å²) in [5.74, 6) is -2.61. The summed E-state index contributed by atoms with van der Waals surface area (Å²) < 4.78 is 25.0. The first-order chi connectivity index (χ1) is 4.17. The van der Waals surface area contributed by atoms with Crippen LogP contribution in [0.5, 0.6) is 0 Å². The van der Waals surface area contributed by atoms with Crippen molar-refractivity contribution in [3.63, 3.8) is 0 Å². The molecule has 1 aliphatic rings. The highest BCUT2D eigenvalue weighted by molar-refractivity contribution is 7.99. The summed E-state index contributed by atoms with van der Waals surface area (Å²) in [5, 5.41) is 0. The monoisotopic (exact) mass is 189 g/mol. The van der Waals surface area contributed by atoms with Crippen LogP contribution in [0.25, 0.3) is 0 Å². The first-order valence-corrected chi connectivity index (χ1v) is 3.98. The topological polar surface area (TPSA) is 26.0 Å². The van der Waals surface area contributed by atoms with Gasteiger partial charge < -0.3 is 5.73 Å². The number of thioether (sulfide) groups is 1. The Morgan fingerprint density at radius 2 is 2.20 bits per heavy atom. The van der Waals surface area contributed by atoms with Gasteiger partial charge in [-0.3, -0.25) is 0 Å². The third-order valence-electron chi connectivity index (χ3n) is 1.50. The van der Waals surface area contributed by atoms with Crippen LogP contribution in [0.3, 0.4) is 0 Å². The maximum Gasteiger partial charge on any atom is 0.261 e. The van der Waals surface area contributed by atoms with E-state index < -0.39 is 11.8 Å². The second-order valence-electron chi connectivity index (χ2n) is 2.21. The van der Waals surface area contributed by atoms with Gasteiger partial charge in [0, 0.05) is 18.2 Å². The first-order valence-electron chi connectivity index (χ1n) is 2.82. The molecule has 0 aromatic heterocycles. The van der Waals surface area contributed by atoms with Crippen molar-refractivity contribution in [3.8, 4) is 0 Å². The highest BCUT2D eigenvalue weighted by atomic mass is 35.5. The van der Waals surface area contributed by atoms with E-state index in [2.05, 4.69) is 0 Å². The van der Waals surface area contributed by atoms with Crippen molar-refractivity contribution in [1.29, 1.82) is 0 Å². The molecule has 0 saturated carbocycles. The third-order valence-corrected chi connectivity index (χ3v) is 2.72. The Morgan fingerprint density at radius 1 is 1.60 bits per heavy atom. The summed E-state index contributed by atoms with van der Waals surface area (Å²) >= 11 is 1.28. The van der Waals surface area contributed by atoms with Gasteiger partial charge in [0.25, 0.3) is 5.92 Å². The van der Waals surface area contributed by atoms with Crippen molar-refractivity contribution in [2.24, 2.45) is 11.7 Å². The van der Waals surface area contributed by atoms with E-state index >= 15 is 0 Å². The van der Waals surface area contributed by atoms with Crippen LogP contribution in [0.2, 0.25) is 0 Å². The van der Waals surface area contributed by atoms with E-state index in [1.807, 2.05) is 0 Å². The first kappa shape index (κ1) is 10.5. The minimum Gasteiger partial charge on any atom is -0.330 e. The summed E-state index contributed by atoms with van der Waals surface area (Å²) in [6, 6.07) is 0. The maximum absolute atomic E-state index is 12.5. The fraction of sp³-hybridized carbons (Fsp3) is 1.00. The van der Waals surface area contributed by atoms with Crippen molar-refractivity contribution in [2.75, 3.05) is 18.1 Å². The minimum absolute atomic E-state index is 0. The maximum atomic E-state index is 12.5. The van der Waals surface area contributed by atoms with Crippen LogP contribution in [0.4, 0.5) is 8.78 Å². The molecule has 62 valence electrons. The van der Waals surface area contributed by atoms with Crippen LogP contribution in [0.1, 0.15) is 0 Å². The van der Waals surface area contributed by atoms with Crippen LogP contribution in [-0.2, 0) is 0 Å². The van der Waals surface area contributed by atoms with E-state index in [-0.39, 0.29) is 24.7 Å². The molecule has 1 rings (SSSR count). The van der Waals surface area contributed by atoms with E-state index in [0.29, 0.717) is 5.75 Å². The molecule has 1 heterocycles. The molecule has 5 heteroatoms. The largest absolute Gasteiger partial charge is 0.330 e. The van der Waals surface area contributed by atoms with Gasteiger partial charge in [-0.2, -0.15) is 11.8 Å². The molecule has 2 N–H and O–H groups in total. The molecule has 1 fully saturated rings. The van der Waals surface area contributed by atoms with Gasteiger partial charge in [-0.25, -0.2) is 8.78 Å². The van der Waals surface area contributed by atoms with E-state index in [1.165, 1.54) is 11.8 Å². The van der Waals surface area contributed by atoms with Crippen molar-refractivity contribution in [1.82, 2.24) is 0 Å². The molecule has 1 saturated heterocycles. The van der Waals surface area contributed by atoms with Gasteiger partial charge >= 0.3 is 0 Å². The second-order valence-corrected chi connectivity index (χ2v) is 3.24. The molecule has 10 heavy (non-hydrogen) atoms. The summed E-state index contributed by atoms with van der Waals surface area (Å²) in [7, 11) is 0. The molecular formula is C5H10ClF2NS. The van der Waals surface area contributed by atoms with E-state index in [1.54, 1.807) is 0 Å². The Balaban J connectivity index is 0.000000810. The van der Waals surface area contributed by atoms with Crippen molar-refractivity contribution in [2.45, 2.75) is 5.92 Å². The lowest BCUT2D eigenvalue weighted by Crippen LogP contribution is -2.32. The molecular weight excluding hydrogens is 180 g/mol. The Hall–Kier alpha value is 0.460. The van der Waals surface area contributed by atoms with Crippen LogP contribution < -0.4 is 5.73 Å². The number of hydrogen-bond donors (Lipinski definition) is 1. The fourth-order valence-electron chi connectivity index (χ4n) is 0.817. The van der Waals surface area contributed by atoms with Crippen LogP contribution in [0.15, 0.2) is 0 Å². The van der Waals surface area contributed by atoms with Gasteiger partial charge in [0.1, 0.15) is 0 Å². The van der Waals surface area contributed by atoms with Crippen molar-refractivity contribution in [3.05, 3.63) is 0 Å². The lowest BCUT2D eigenvalue weighted by molar-refractivity contribution is -0.0143. The molecule has 1 atom stereocenters. The van der Waals surface area contributed by atoms with Gasteiger partial charge in [-0.15, -0.1) is 12.4 Å². The summed E-state index contributed by atoms with van der Waals surface area (Å²) in [6.07, 6.45) is 0. The lowest BCUT2D eigenvalue weighted by Gasteiger charge is -2.14. The number of alkyl halides is 2. The lowest BCUT2D eigenvalue weighted by atomic mass is 10.1. The second kappa shape index (κ2) is 3.74. The van der Waals surface area contributed by atoms with Crippen molar-refractivity contribution < 1.29 is 8.78 Å². The van der Waals surface area contributed by atoms with Crippen LogP contribution >= 0.6 is 24.2 Å². The highest BCUT2D eigenvalue weighted by Gasteiger charge is 2.43. The quantitative estimate of drug-likeness (QED) is 0.674. The van der Waals surface area contributed by atoms with E-state index in [4.69, 9.17) is 5.73 Å². The predicted octanol–water partition coefficient (Wildman–Crippen LogP) is 1.37. The average Bonchev–Trinajstić information content (AvgIpc) is 2.08. The smallest absolute Gasteiger partial charge is 0.261 e. The van der Waals surface area contributed by atoms with Crippen molar-refractivity contribution >= 4 is 24.2 Å². The minimum atomic E-state index is -2.50. The molecule has 1 unspecified atom stereocenters. The summed E-state index contributed by atoms with van der Waals surface area (Å²) in [4.78, 5) is 0. The molecule has 0 aromatic rings. The number of hydrogen-bond acceptors (Lipinski definition) is 2. The van der Waals surface area contributed by atoms with Crippen LogP contribution in [-0.4, -0.2) is 24.0 Å². The Bertz CT molecular complexity index is 112. The Morgan fingerprint density at radius 3 is 2.40 bits per heavy atom. The van der Waals surface area contributed by atoms with Crippen LogP contribution in [0, 0.1) is 5.92 Å². The standard InChI is InChI=1S/C5H9F2NS.ClH/c6-5(7)3-9-2-4(5)1-8;/h4H,1-3,8H2;1H. The normalized spacial score (nSPS) is 29.7. The molecule has 0 aliphatic carbocycles. The van der Waals surface area contributed by atoms with Gasteiger partial charge in [0.2, 0.25) is 0 Å². The molecule has 0 bridgehead atoms. The fourth-order valence-corrected chi connectivity index (χ4v) is 2.11. The number of rotatable bonds is 1. The number of halogens is 3. The zero-order valence-corrected chi connectivity index (χ0v) is 6.98. The molecule has 1 nitrogen and oxygen atoms in total. The molecule has 0 aromatic carbocycles. The summed E-state index contributed by atoms with van der Waals surface area (Å²) in [5.41, 5.74) is 5.12. The van der Waals surface area contributed by atoms with Gasteiger partial charge in [-0.1, -0.05) is 0 Å². The SMILES string of the molecule is Cl.NCC1CSCC1(F)F. The molecule has 0 radical (unpaired) electrons. The van der Waals surface area contributed by atoms with E-state index in [0.717, 1.165) is 0 Å². The zero-order chi connectivity index (χ0) is 6.91. The Labute approximate surface area is 69.1 Å². The average molecular weight is 190 g/mol. The van der Waals surface area contributed by atoms with Gasteiger partial charge in [-0.05, 0) is 0 Å². The van der Waals surface area contributed by atoms with Gasteiger partial charge in [0.05, 0.1) is 5.75 Å². The van der Waals surface area contributed by atoms with E-state index in [9.17, 15) is 8.78 Å². The summed E-state index contributed by atoms with van der Waals surface area (Å²) in [6.45, 7) is 0.111. The zero-order valence-electron chi connectivity index (χ0n) is 5.35. The predicted molar refractivity (Wildman–Crippen MR) is 42.1 cm³/mol. The van der Waals surface area contributed by atoms with Gasteiger partial charge in [0.15, 0.2) is 0 Å². The molecule has 1 aliphatic heterocycles. The third kappa shape index (κ3) is 1.97.